The van der Waals surface area contributed by atoms with E-state index in [1.54, 1.807) is 0 Å². The lowest BCUT2D eigenvalue weighted by atomic mass is 9.95. The Kier molecular flexibility index (Phi) is 6.12. The normalized spacial score (nSPS) is 11.3. The second kappa shape index (κ2) is 10.6. The number of fused-ring (bicyclic) bond motifs is 3. The molecule has 0 aliphatic heterocycles. The summed E-state index contributed by atoms with van der Waals surface area (Å²) in [6.45, 7) is 0. The van der Waals surface area contributed by atoms with E-state index in [0.29, 0.717) is 5.82 Å². The lowest BCUT2D eigenvalue weighted by Gasteiger charge is -2.09. The van der Waals surface area contributed by atoms with Gasteiger partial charge >= 0.3 is 0 Å². The van der Waals surface area contributed by atoms with E-state index in [2.05, 4.69) is 103 Å². The lowest BCUT2D eigenvalue weighted by Crippen LogP contribution is -1.95. The fourth-order valence-corrected chi connectivity index (χ4v) is 5.74. The molecule has 0 saturated carbocycles. The first-order valence-electron chi connectivity index (χ1n) is 14.4. The van der Waals surface area contributed by atoms with Crippen LogP contribution in [0, 0.1) is 0 Å². The summed E-state index contributed by atoms with van der Waals surface area (Å²) in [4.78, 5) is 10.1. The van der Waals surface area contributed by atoms with Crippen LogP contribution in [0.3, 0.4) is 0 Å². The molecule has 0 N–H and O–H groups in total. The van der Waals surface area contributed by atoms with Crippen LogP contribution >= 0.6 is 0 Å². The SMILES string of the molecule is c1ccc(-c2cc(-c3ccccc3)c3oc4ccc(-c5nc(-c6ccccc6)cc(-c6ccccc6)n5)cc4c3c2)cc1. The number of hydrogen-bond acceptors (Lipinski definition) is 3. The highest BCUT2D eigenvalue weighted by molar-refractivity contribution is 6.12. The van der Waals surface area contributed by atoms with E-state index in [1.165, 1.54) is 5.56 Å². The Balaban J connectivity index is 1.36. The molecule has 43 heavy (non-hydrogen) atoms. The summed E-state index contributed by atoms with van der Waals surface area (Å²) in [5.41, 5.74) is 11.0. The molecule has 6 aromatic carbocycles. The first kappa shape index (κ1) is 25.0. The first-order valence-corrected chi connectivity index (χ1v) is 14.4. The molecule has 3 heteroatoms. The number of furan rings is 1. The van der Waals surface area contributed by atoms with Crippen LogP contribution in [0.25, 0.3) is 78.1 Å². The van der Waals surface area contributed by atoms with Crippen LogP contribution in [-0.2, 0) is 0 Å². The second-order valence-electron chi connectivity index (χ2n) is 10.6. The van der Waals surface area contributed by atoms with E-state index in [9.17, 15) is 0 Å². The molecule has 8 rings (SSSR count). The van der Waals surface area contributed by atoms with Crippen molar-refractivity contribution < 1.29 is 4.42 Å². The Hall–Kier alpha value is -5.80. The van der Waals surface area contributed by atoms with Crippen molar-refractivity contribution >= 4 is 21.9 Å². The van der Waals surface area contributed by atoms with Gasteiger partial charge in [-0.05, 0) is 53.1 Å². The standard InChI is InChI=1S/C40H26N2O/c1-5-13-27(14-6-1)32-24-33(28-15-7-2-8-16-28)39-35(25-32)34-23-31(21-22-38(34)43-39)40-41-36(29-17-9-3-10-18-29)26-37(42-40)30-19-11-4-12-20-30/h1-26H. The number of nitrogens with zero attached hydrogens (tertiary/aromatic N) is 2. The van der Waals surface area contributed by atoms with Crippen molar-refractivity contribution in [1.82, 2.24) is 9.97 Å². The summed E-state index contributed by atoms with van der Waals surface area (Å²) in [6, 6.07) is 54.3. The molecule has 0 unspecified atom stereocenters. The van der Waals surface area contributed by atoms with Gasteiger partial charge in [-0.25, -0.2) is 9.97 Å². The zero-order valence-corrected chi connectivity index (χ0v) is 23.3. The van der Waals surface area contributed by atoms with E-state index < -0.39 is 0 Å². The van der Waals surface area contributed by atoms with Gasteiger partial charge in [-0.15, -0.1) is 0 Å². The Morgan fingerprint density at radius 1 is 0.372 bits per heavy atom. The summed E-state index contributed by atoms with van der Waals surface area (Å²) in [5, 5.41) is 2.11. The van der Waals surface area contributed by atoms with Gasteiger partial charge in [-0.2, -0.15) is 0 Å². The Morgan fingerprint density at radius 3 is 1.47 bits per heavy atom. The number of benzene rings is 6. The third kappa shape index (κ3) is 4.67. The fraction of sp³-hybridized carbons (Fsp3) is 0. The predicted molar refractivity (Wildman–Crippen MR) is 176 cm³/mol. The zero-order valence-electron chi connectivity index (χ0n) is 23.3. The Labute approximate surface area is 249 Å². The monoisotopic (exact) mass is 550 g/mol. The van der Waals surface area contributed by atoms with Gasteiger partial charge in [-0.1, -0.05) is 121 Å². The van der Waals surface area contributed by atoms with Gasteiger partial charge in [0.15, 0.2) is 5.82 Å². The molecule has 0 radical (unpaired) electrons. The molecular formula is C40H26N2O. The van der Waals surface area contributed by atoms with Crippen molar-refractivity contribution in [1.29, 1.82) is 0 Å². The molecule has 3 nitrogen and oxygen atoms in total. The average Bonchev–Trinajstić information content (AvgIpc) is 3.47. The smallest absolute Gasteiger partial charge is 0.160 e. The Morgan fingerprint density at radius 2 is 0.884 bits per heavy atom. The highest BCUT2D eigenvalue weighted by Crippen LogP contribution is 2.40. The topological polar surface area (TPSA) is 38.9 Å². The van der Waals surface area contributed by atoms with Crippen LogP contribution in [0.15, 0.2) is 162 Å². The molecule has 0 fully saturated rings. The fourth-order valence-electron chi connectivity index (χ4n) is 5.74. The van der Waals surface area contributed by atoms with Crippen molar-refractivity contribution in [2.45, 2.75) is 0 Å². The van der Waals surface area contributed by atoms with Crippen LogP contribution in [0.2, 0.25) is 0 Å². The maximum absolute atomic E-state index is 6.57. The molecule has 2 aromatic heterocycles. The van der Waals surface area contributed by atoms with E-state index >= 15 is 0 Å². The maximum atomic E-state index is 6.57. The molecular weight excluding hydrogens is 524 g/mol. The second-order valence-corrected chi connectivity index (χ2v) is 10.6. The Bertz CT molecular complexity index is 2150. The summed E-state index contributed by atoms with van der Waals surface area (Å²) >= 11 is 0. The van der Waals surface area contributed by atoms with Gasteiger partial charge in [0.2, 0.25) is 0 Å². The van der Waals surface area contributed by atoms with Crippen LogP contribution in [-0.4, -0.2) is 9.97 Å². The first-order chi connectivity index (χ1) is 21.3. The number of rotatable bonds is 5. The molecule has 2 heterocycles. The highest BCUT2D eigenvalue weighted by atomic mass is 16.3. The van der Waals surface area contributed by atoms with Gasteiger partial charge in [0.1, 0.15) is 11.2 Å². The average molecular weight is 551 g/mol. The van der Waals surface area contributed by atoms with Crippen molar-refractivity contribution in [3.8, 4) is 56.2 Å². The minimum absolute atomic E-state index is 0.680. The number of aromatic nitrogens is 2. The van der Waals surface area contributed by atoms with Crippen molar-refractivity contribution in [2.24, 2.45) is 0 Å². The minimum Gasteiger partial charge on any atom is -0.455 e. The van der Waals surface area contributed by atoms with Crippen molar-refractivity contribution in [3.05, 3.63) is 158 Å². The summed E-state index contributed by atoms with van der Waals surface area (Å²) in [7, 11) is 0. The minimum atomic E-state index is 0.680. The van der Waals surface area contributed by atoms with Crippen LogP contribution in [0.4, 0.5) is 0 Å². The molecule has 0 spiro atoms. The van der Waals surface area contributed by atoms with Crippen molar-refractivity contribution in [2.75, 3.05) is 0 Å². The summed E-state index contributed by atoms with van der Waals surface area (Å²) < 4.78 is 6.57. The van der Waals surface area contributed by atoms with E-state index in [1.807, 2.05) is 54.6 Å². The molecule has 202 valence electrons. The quantitative estimate of drug-likeness (QED) is 0.214. The molecule has 0 aliphatic rings. The van der Waals surface area contributed by atoms with Gasteiger partial charge in [-0.3, -0.25) is 0 Å². The van der Waals surface area contributed by atoms with E-state index in [0.717, 1.165) is 66.7 Å². The maximum Gasteiger partial charge on any atom is 0.160 e. The molecule has 0 bridgehead atoms. The molecule has 0 saturated heterocycles. The summed E-state index contributed by atoms with van der Waals surface area (Å²) in [5.74, 6) is 0.680. The lowest BCUT2D eigenvalue weighted by molar-refractivity contribution is 0.670. The van der Waals surface area contributed by atoms with E-state index in [-0.39, 0.29) is 0 Å². The van der Waals surface area contributed by atoms with Gasteiger partial charge in [0.25, 0.3) is 0 Å². The van der Waals surface area contributed by atoms with Crippen LogP contribution in [0.5, 0.6) is 0 Å². The van der Waals surface area contributed by atoms with Gasteiger partial charge < -0.3 is 4.42 Å². The van der Waals surface area contributed by atoms with Crippen LogP contribution < -0.4 is 0 Å². The zero-order chi connectivity index (χ0) is 28.6. The third-order valence-electron chi connectivity index (χ3n) is 7.89. The highest BCUT2D eigenvalue weighted by Gasteiger charge is 2.17. The molecule has 8 aromatic rings. The molecule has 0 amide bonds. The number of hydrogen-bond donors (Lipinski definition) is 0. The molecule has 0 aliphatic carbocycles. The van der Waals surface area contributed by atoms with Gasteiger partial charge in [0, 0.05) is 33.0 Å². The van der Waals surface area contributed by atoms with E-state index in [4.69, 9.17) is 14.4 Å². The largest absolute Gasteiger partial charge is 0.455 e. The van der Waals surface area contributed by atoms with Crippen molar-refractivity contribution in [3.63, 3.8) is 0 Å². The van der Waals surface area contributed by atoms with Gasteiger partial charge in [0.05, 0.1) is 11.4 Å². The van der Waals surface area contributed by atoms with Crippen LogP contribution in [0.1, 0.15) is 0 Å². The molecule has 0 atom stereocenters. The third-order valence-corrected chi connectivity index (χ3v) is 7.89. The predicted octanol–water partition coefficient (Wildman–Crippen LogP) is 10.7. The summed E-state index contributed by atoms with van der Waals surface area (Å²) in [6.07, 6.45) is 0.